The maximum absolute atomic E-state index is 12.5. The fraction of sp³-hybridized carbons (Fsp3) is 0.400. The van der Waals surface area contributed by atoms with Gasteiger partial charge in [0.25, 0.3) is 0 Å². The third kappa shape index (κ3) is 5.65. The van der Waals surface area contributed by atoms with E-state index in [1.807, 2.05) is 26.0 Å². The summed E-state index contributed by atoms with van der Waals surface area (Å²) in [6.07, 6.45) is 4.28. The lowest BCUT2D eigenvalue weighted by atomic mass is 9.88. The molecule has 0 N–H and O–H groups in total. The molecule has 26 heavy (non-hydrogen) atoms. The van der Waals surface area contributed by atoms with Crippen LogP contribution in [0.5, 0.6) is 0 Å². The summed E-state index contributed by atoms with van der Waals surface area (Å²) in [5, 5.41) is 0. The molecule has 2 aromatic rings. The lowest BCUT2D eigenvalue weighted by Crippen LogP contribution is -2.32. The molecule has 6 heteroatoms. The minimum absolute atomic E-state index is 0.0928. The molecule has 0 aliphatic rings. The molecular formula is C20H24N2O4. The van der Waals surface area contributed by atoms with Gasteiger partial charge in [-0.3, -0.25) is 19.6 Å². The Balaban J connectivity index is 1.93. The summed E-state index contributed by atoms with van der Waals surface area (Å²) in [5.41, 5.74) is 1.34. The quantitative estimate of drug-likeness (QED) is 0.641. The Morgan fingerprint density at radius 3 is 1.54 bits per heavy atom. The van der Waals surface area contributed by atoms with Crippen molar-refractivity contribution >= 4 is 11.9 Å². The van der Waals surface area contributed by atoms with Crippen LogP contribution in [0.15, 0.2) is 48.8 Å². The van der Waals surface area contributed by atoms with Crippen LogP contribution < -0.4 is 0 Å². The van der Waals surface area contributed by atoms with Crippen LogP contribution in [0, 0.1) is 11.8 Å². The molecule has 0 aliphatic heterocycles. The van der Waals surface area contributed by atoms with Crippen LogP contribution in [0.2, 0.25) is 0 Å². The van der Waals surface area contributed by atoms with Crippen molar-refractivity contribution < 1.29 is 19.1 Å². The number of ether oxygens (including phenoxy) is 2. The topological polar surface area (TPSA) is 78.4 Å². The highest BCUT2D eigenvalue weighted by Gasteiger charge is 2.33. The van der Waals surface area contributed by atoms with Gasteiger partial charge < -0.3 is 9.47 Å². The van der Waals surface area contributed by atoms with E-state index in [2.05, 4.69) is 9.97 Å². The first-order valence-corrected chi connectivity index (χ1v) is 8.78. The predicted molar refractivity (Wildman–Crippen MR) is 95.6 cm³/mol. The summed E-state index contributed by atoms with van der Waals surface area (Å²) in [6.45, 7) is 3.91. The monoisotopic (exact) mass is 356 g/mol. The summed E-state index contributed by atoms with van der Waals surface area (Å²) in [4.78, 5) is 33.2. The minimum atomic E-state index is -0.542. The first-order valence-electron chi connectivity index (χ1n) is 8.78. The highest BCUT2D eigenvalue weighted by Crippen LogP contribution is 2.23. The van der Waals surface area contributed by atoms with Crippen molar-refractivity contribution in [2.45, 2.75) is 39.9 Å². The molecule has 2 heterocycles. The van der Waals surface area contributed by atoms with E-state index < -0.39 is 23.8 Å². The summed E-state index contributed by atoms with van der Waals surface area (Å²) < 4.78 is 10.7. The Bertz CT molecular complexity index is 630. The minimum Gasteiger partial charge on any atom is -0.459 e. The molecule has 0 amide bonds. The fourth-order valence-electron chi connectivity index (χ4n) is 2.70. The average Bonchev–Trinajstić information content (AvgIpc) is 2.69. The van der Waals surface area contributed by atoms with Gasteiger partial charge in [0.1, 0.15) is 13.2 Å². The van der Waals surface area contributed by atoms with Crippen LogP contribution in [0.25, 0.3) is 0 Å². The molecule has 0 bridgehead atoms. The maximum Gasteiger partial charge on any atom is 0.310 e. The number of hydrogen-bond donors (Lipinski definition) is 0. The van der Waals surface area contributed by atoms with E-state index in [-0.39, 0.29) is 13.2 Å². The van der Waals surface area contributed by atoms with Crippen LogP contribution in [-0.2, 0) is 32.3 Å². The second kappa shape index (κ2) is 10.3. The molecule has 0 spiro atoms. The van der Waals surface area contributed by atoms with Gasteiger partial charge in [-0.1, -0.05) is 26.0 Å². The van der Waals surface area contributed by atoms with Crippen molar-refractivity contribution in [2.75, 3.05) is 0 Å². The Kier molecular flexibility index (Phi) is 7.74. The molecule has 138 valence electrons. The van der Waals surface area contributed by atoms with Crippen molar-refractivity contribution in [3.8, 4) is 0 Å². The third-order valence-corrected chi connectivity index (χ3v) is 4.15. The lowest BCUT2D eigenvalue weighted by Gasteiger charge is -2.22. The highest BCUT2D eigenvalue weighted by atomic mass is 16.5. The van der Waals surface area contributed by atoms with Gasteiger partial charge in [0, 0.05) is 12.4 Å². The van der Waals surface area contributed by atoms with E-state index in [1.165, 1.54) is 0 Å². The number of hydrogen-bond acceptors (Lipinski definition) is 6. The van der Waals surface area contributed by atoms with E-state index >= 15 is 0 Å². The molecule has 2 unspecified atom stereocenters. The smallest absolute Gasteiger partial charge is 0.310 e. The first kappa shape index (κ1) is 19.6. The Labute approximate surface area is 153 Å². The molecule has 0 aliphatic carbocycles. The number of nitrogens with zero attached hydrogens (tertiary/aromatic N) is 2. The van der Waals surface area contributed by atoms with E-state index in [0.29, 0.717) is 24.2 Å². The molecule has 0 saturated heterocycles. The molecular weight excluding hydrogens is 332 g/mol. The molecule has 0 aromatic carbocycles. The normalized spacial score (nSPS) is 12.8. The Hall–Kier alpha value is -2.76. The number of pyridine rings is 2. The fourth-order valence-corrected chi connectivity index (χ4v) is 2.70. The molecule has 2 atom stereocenters. The summed E-state index contributed by atoms with van der Waals surface area (Å²) in [7, 11) is 0. The largest absolute Gasteiger partial charge is 0.459 e. The van der Waals surface area contributed by atoms with Crippen molar-refractivity contribution in [2.24, 2.45) is 11.8 Å². The van der Waals surface area contributed by atoms with Gasteiger partial charge in [-0.25, -0.2) is 0 Å². The Morgan fingerprint density at radius 1 is 0.808 bits per heavy atom. The summed E-state index contributed by atoms with van der Waals surface area (Å²) >= 11 is 0. The van der Waals surface area contributed by atoms with Crippen molar-refractivity contribution in [1.29, 1.82) is 0 Å². The van der Waals surface area contributed by atoms with Gasteiger partial charge in [-0.05, 0) is 37.1 Å². The van der Waals surface area contributed by atoms with Gasteiger partial charge in [-0.2, -0.15) is 0 Å². The zero-order chi connectivity index (χ0) is 18.8. The molecule has 0 radical (unpaired) electrons. The SMILES string of the molecule is CCC(C(=O)OCc1ccccn1)C(CC)C(=O)OCc1ccccn1. The second-order valence-corrected chi connectivity index (χ2v) is 5.89. The molecule has 6 nitrogen and oxygen atoms in total. The van der Waals surface area contributed by atoms with E-state index in [4.69, 9.17) is 9.47 Å². The lowest BCUT2D eigenvalue weighted by molar-refractivity contribution is -0.162. The predicted octanol–water partition coefficient (Wildman–Crippen LogP) is 3.32. The maximum atomic E-state index is 12.5. The van der Waals surface area contributed by atoms with Crippen molar-refractivity contribution in [1.82, 2.24) is 9.97 Å². The van der Waals surface area contributed by atoms with E-state index in [1.54, 1.807) is 36.7 Å². The summed E-state index contributed by atoms with van der Waals surface area (Å²) in [6, 6.07) is 10.8. The highest BCUT2D eigenvalue weighted by molar-refractivity contribution is 5.82. The van der Waals surface area contributed by atoms with Crippen LogP contribution in [0.3, 0.4) is 0 Å². The number of carbonyl (C=O) groups is 2. The van der Waals surface area contributed by atoms with Crippen molar-refractivity contribution in [3.63, 3.8) is 0 Å². The van der Waals surface area contributed by atoms with Crippen LogP contribution in [-0.4, -0.2) is 21.9 Å². The van der Waals surface area contributed by atoms with Gasteiger partial charge in [0.2, 0.25) is 0 Å². The van der Waals surface area contributed by atoms with Gasteiger partial charge in [0.05, 0.1) is 23.2 Å². The summed E-state index contributed by atoms with van der Waals surface area (Å²) in [5.74, 6) is -1.89. The zero-order valence-corrected chi connectivity index (χ0v) is 15.1. The van der Waals surface area contributed by atoms with E-state index in [0.717, 1.165) is 0 Å². The average molecular weight is 356 g/mol. The Morgan fingerprint density at radius 2 is 1.23 bits per heavy atom. The second-order valence-electron chi connectivity index (χ2n) is 5.89. The number of rotatable bonds is 9. The van der Waals surface area contributed by atoms with Crippen LogP contribution in [0.4, 0.5) is 0 Å². The zero-order valence-electron chi connectivity index (χ0n) is 15.1. The van der Waals surface area contributed by atoms with E-state index in [9.17, 15) is 9.59 Å². The van der Waals surface area contributed by atoms with Crippen LogP contribution >= 0.6 is 0 Å². The third-order valence-electron chi connectivity index (χ3n) is 4.15. The number of esters is 2. The van der Waals surface area contributed by atoms with Gasteiger partial charge >= 0.3 is 11.9 Å². The van der Waals surface area contributed by atoms with Gasteiger partial charge in [0.15, 0.2) is 0 Å². The number of aromatic nitrogens is 2. The molecule has 0 fully saturated rings. The molecule has 0 saturated carbocycles. The van der Waals surface area contributed by atoms with Crippen molar-refractivity contribution in [3.05, 3.63) is 60.2 Å². The van der Waals surface area contributed by atoms with Crippen LogP contribution in [0.1, 0.15) is 38.1 Å². The molecule has 2 aromatic heterocycles. The number of carbonyl (C=O) groups excluding carboxylic acids is 2. The molecule has 2 rings (SSSR count). The standard InChI is InChI=1S/C20H24N2O4/c1-3-17(19(23)25-13-15-9-5-7-11-21-15)18(4-2)20(24)26-14-16-10-6-8-12-22-16/h5-12,17-18H,3-4,13-14H2,1-2H3. The first-order chi connectivity index (χ1) is 12.7. The van der Waals surface area contributed by atoms with Gasteiger partial charge in [-0.15, -0.1) is 0 Å².